The second-order valence-corrected chi connectivity index (χ2v) is 28.4. The SMILES string of the molecule is COc1cc(C)c(-c2cc(NC3CC3)nc(N)n2)cc1C.Cc1cc(-c2cc(CC3CC3)nc(N)n2)c(C)cc1F.Cc1ccc(C)c(-c2cc(CC3CC3)nc(N)n2)c1.Cc1ccc(Cl)cc1-c1cc(CC2CC2)nc(N)n1.Cc1ccc(Cl)cc1-c1cc(CC2CCC2)nc(N)n1. The van der Waals surface area contributed by atoms with Crippen LogP contribution in [0.15, 0.2) is 109 Å². The van der Waals surface area contributed by atoms with Crippen molar-refractivity contribution in [2.75, 3.05) is 41.1 Å². The van der Waals surface area contributed by atoms with Crippen molar-refractivity contribution in [2.24, 2.45) is 23.7 Å². The molecular weight excluding hydrogens is 1280 g/mol. The summed E-state index contributed by atoms with van der Waals surface area (Å²) in [4.78, 5) is 43.4. The fraction of sp³-hybridized carbons (Fsp3) is 0.367. The number of halogens is 3. The molecule has 11 N–H and O–H groups in total. The number of rotatable bonds is 16. The highest BCUT2D eigenvalue weighted by Gasteiger charge is 2.27. The molecule has 0 atom stereocenters. The van der Waals surface area contributed by atoms with Gasteiger partial charge in [0.15, 0.2) is 0 Å². The summed E-state index contributed by atoms with van der Waals surface area (Å²) in [6.45, 7) is 16.0. The van der Waals surface area contributed by atoms with Gasteiger partial charge in [0.25, 0.3) is 0 Å². The van der Waals surface area contributed by atoms with Crippen molar-refractivity contribution in [1.29, 1.82) is 0 Å². The molecule has 5 aliphatic rings. The summed E-state index contributed by atoms with van der Waals surface area (Å²) < 4.78 is 18.9. The number of methoxy groups -OCH3 is 1. The van der Waals surface area contributed by atoms with Gasteiger partial charge in [0.1, 0.15) is 17.4 Å². The molecule has 17 nitrogen and oxygen atoms in total. The van der Waals surface area contributed by atoms with Crippen LogP contribution in [0.5, 0.6) is 5.75 Å². The van der Waals surface area contributed by atoms with Crippen molar-refractivity contribution in [3.05, 3.63) is 192 Å². The molecule has 5 aliphatic carbocycles. The van der Waals surface area contributed by atoms with Crippen LogP contribution in [0, 0.1) is 84.9 Å². The lowest BCUT2D eigenvalue weighted by Crippen LogP contribution is -2.15. The first-order valence-electron chi connectivity index (χ1n) is 34.4. The van der Waals surface area contributed by atoms with Gasteiger partial charge in [0, 0.05) is 72.7 Å². The van der Waals surface area contributed by atoms with Crippen molar-refractivity contribution in [3.8, 4) is 62.0 Å². The van der Waals surface area contributed by atoms with Gasteiger partial charge in [-0.05, 0) is 274 Å². The standard InChI is InChI=1S/C16H18ClN3.C16H18FN3.C16H20N4O.C16H19N3.C15H16ClN3/c1-10-5-6-12(17)8-14(10)15-9-13(19-16(18)20-15)7-11-3-2-4-11;1-9-6-14(17)10(2)5-13(9)15-8-12(7-11-3-4-11)19-16(18)20-15;1-9-7-14(21-3)10(2)6-12(9)13-8-15(18-11-4-5-11)20-16(17)19-13;1-10-3-4-11(2)14(7-10)15-9-13(8-12-5-6-12)18-16(17)19-15;1-9-2-5-11(16)7-13(9)14-8-12(6-10-3-4-10)18-15(17)19-14/h5-6,8-9,11H,2-4,7H2,1H3,(H2,18,19,20);5-6,8,11H,3-4,7H2,1-2H3,(H2,18,19,20);6-8,11H,4-5H2,1-3H3,(H3,17,18,19,20);3-4,7,9,12H,5-6,8H2,1-2H3,(H2,17,18,19);2,5,7-8,10H,3-4,6H2,1H3,(H2,17,18,19). The number of nitrogens with zero attached hydrogens (tertiary/aromatic N) is 10. The minimum absolute atomic E-state index is 0.188. The molecule has 0 saturated heterocycles. The molecule has 5 saturated carbocycles. The van der Waals surface area contributed by atoms with Gasteiger partial charge in [-0.3, -0.25) is 0 Å². The van der Waals surface area contributed by atoms with Crippen LogP contribution in [0.1, 0.15) is 138 Å². The first-order chi connectivity index (χ1) is 47.4. The van der Waals surface area contributed by atoms with Crippen molar-refractivity contribution < 1.29 is 9.13 Å². The maximum atomic E-state index is 13.6. The summed E-state index contributed by atoms with van der Waals surface area (Å²) >= 11 is 12.2. The van der Waals surface area contributed by atoms with Gasteiger partial charge in [0.05, 0.1) is 35.6 Å². The Labute approximate surface area is 591 Å². The summed E-state index contributed by atoms with van der Waals surface area (Å²) in [6.07, 6.45) is 18.1. The first-order valence-corrected chi connectivity index (χ1v) is 35.2. The van der Waals surface area contributed by atoms with E-state index >= 15 is 0 Å². The Morgan fingerprint density at radius 1 is 0.374 bits per heavy atom. The topological polar surface area (TPSA) is 280 Å². The molecule has 0 bridgehead atoms. The highest BCUT2D eigenvalue weighted by molar-refractivity contribution is 6.31. The number of nitrogens with two attached hydrogens (primary N) is 5. The van der Waals surface area contributed by atoms with Gasteiger partial charge in [-0.25, -0.2) is 49.2 Å². The highest BCUT2D eigenvalue weighted by Crippen LogP contribution is 2.38. The van der Waals surface area contributed by atoms with E-state index in [0.29, 0.717) is 51.4 Å². The van der Waals surface area contributed by atoms with E-state index in [1.54, 1.807) is 20.1 Å². The normalized spacial score (nSPS) is 14.6. The molecule has 10 aromatic rings. The second-order valence-electron chi connectivity index (χ2n) is 27.6. The molecule has 5 aromatic carbocycles. The van der Waals surface area contributed by atoms with Gasteiger partial charge >= 0.3 is 0 Å². The average Bonchev–Trinajstić information content (AvgIpc) is 1.81. The zero-order valence-electron chi connectivity index (χ0n) is 58.3. The predicted molar refractivity (Wildman–Crippen MR) is 401 cm³/mol. The molecule has 5 aromatic heterocycles. The van der Waals surface area contributed by atoms with Crippen LogP contribution in [-0.2, 0) is 25.7 Å². The van der Waals surface area contributed by atoms with Gasteiger partial charge in [0.2, 0.25) is 29.7 Å². The molecule has 0 spiro atoms. The summed E-state index contributed by atoms with van der Waals surface area (Å²) in [5, 5.41) is 4.79. The molecule has 0 unspecified atom stereocenters. The fourth-order valence-corrected chi connectivity index (χ4v) is 12.4. The third-order valence-electron chi connectivity index (χ3n) is 18.6. The number of anilines is 6. The minimum atomic E-state index is -0.188. The average molecular weight is 1370 g/mol. The Bertz CT molecular complexity index is 4440. The summed E-state index contributed by atoms with van der Waals surface area (Å²) in [5.41, 5.74) is 51.2. The lowest BCUT2D eigenvalue weighted by Gasteiger charge is -2.24. The van der Waals surface area contributed by atoms with Crippen LogP contribution >= 0.6 is 23.2 Å². The Balaban J connectivity index is 0.000000125. The number of benzene rings is 5. The molecule has 5 heterocycles. The van der Waals surface area contributed by atoms with E-state index in [2.05, 4.69) is 106 Å². The zero-order chi connectivity index (χ0) is 70.2. The quantitative estimate of drug-likeness (QED) is 0.0524. The van der Waals surface area contributed by atoms with E-state index in [0.717, 1.165) is 168 Å². The van der Waals surface area contributed by atoms with Crippen LogP contribution in [0.3, 0.4) is 0 Å². The molecule has 0 aliphatic heterocycles. The van der Waals surface area contributed by atoms with Crippen molar-refractivity contribution >= 4 is 58.8 Å². The number of ether oxygens (including phenoxy) is 1. The predicted octanol–water partition coefficient (Wildman–Crippen LogP) is 17.3. The Morgan fingerprint density at radius 2 is 0.727 bits per heavy atom. The number of hydrogen-bond donors (Lipinski definition) is 6. The van der Waals surface area contributed by atoms with Crippen molar-refractivity contribution in [2.45, 2.75) is 158 Å². The lowest BCUT2D eigenvalue weighted by atomic mass is 9.82. The number of aromatic nitrogens is 10. The molecule has 514 valence electrons. The summed E-state index contributed by atoms with van der Waals surface area (Å²) in [5.74, 6) is 6.24. The molecule has 0 radical (unpaired) electrons. The van der Waals surface area contributed by atoms with Gasteiger partial charge < -0.3 is 38.7 Å². The minimum Gasteiger partial charge on any atom is -0.496 e. The fourth-order valence-electron chi connectivity index (χ4n) is 12.1. The smallest absolute Gasteiger partial charge is 0.222 e. The van der Waals surface area contributed by atoms with Gasteiger partial charge in [-0.2, -0.15) is 4.98 Å². The van der Waals surface area contributed by atoms with Crippen LogP contribution in [0.25, 0.3) is 56.3 Å². The third kappa shape index (κ3) is 20.2. The highest BCUT2D eigenvalue weighted by atomic mass is 35.5. The maximum absolute atomic E-state index is 13.6. The van der Waals surface area contributed by atoms with E-state index in [4.69, 9.17) is 56.6 Å². The van der Waals surface area contributed by atoms with Crippen LogP contribution in [0.2, 0.25) is 10.0 Å². The second kappa shape index (κ2) is 31.6. The number of nitrogens with one attached hydrogen (secondary N) is 1. The largest absolute Gasteiger partial charge is 0.496 e. The van der Waals surface area contributed by atoms with Gasteiger partial charge in [-0.1, -0.05) is 72.3 Å². The molecule has 0 amide bonds. The Kier molecular flexibility index (Phi) is 22.7. The molecule has 99 heavy (non-hydrogen) atoms. The Morgan fingerprint density at radius 3 is 1.11 bits per heavy atom. The number of aryl methyl sites for hydroxylation is 8. The first kappa shape index (κ1) is 70.9. The molecule has 15 rings (SSSR count). The van der Waals surface area contributed by atoms with E-state index < -0.39 is 0 Å². The van der Waals surface area contributed by atoms with Crippen LogP contribution in [-0.4, -0.2) is 63.0 Å². The molecule has 20 heteroatoms. The van der Waals surface area contributed by atoms with Crippen molar-refractivity contribution in [3.63, 3.8) is 0 Å². The number of nitrogen functional groups attached to an aromatic ring is 5. The van der Waals surface area contributed by atoms with E-state index in [-0.39, 0.29) is 5.82 Å². The Hall–Kier alpha value is -9.39. The lowest BCUT2D eigenvalue weighted by molar-refractivity contribution is 0.312. The monoisotopic (exact) mass is 1370 g/mol. The maximum Gasteiger partial charge on any atom is 0.222 e. The van der Waals surface area contributed by atoms with Crippen molar-refractivity contribution in [1.82, 2.24) is 49.8 Å². The van der Waals surface area contributed by atoms with E-state index in [1.807, 2.05) is 100 Å². The molecule has 5 fully saturated rings. The van der Waals surface area contributed by atoms with E-state index in [1.165, 1.54) is 81.8 Å². The van der Waals surface area contributed by atoms with E-state index in [9.17, 15) is 4.39 Å². The third-order valence-corrected chi connectivity index (χ3v) is 19.1. The van der Waals surface area contributed by atoms with Crippen LogP contribution in [0.4, 0.5) is 39.9 Å². The molecular formula is C79H91Cl2FN16O. The summed E-state index contributed by atoms with van der Waals surface area (Å²) in [7, 11) is 1.68. The number of hydrogen-bond acceptors (Lipinski definition) is 17. The summed E-state index contributed by atoms with van der Waals surface area (Å²) in [6, 6.07) is 36.2. The van der Waals surface area contributed by atoms with Crippen LogP contribution < -0.4 is 38.7 Å². The van der Waals surface area contributed by atoms with Gasteiger partial charge in [-0.15, -0.1) is 0 Å². The zero-order valence-corrected chi connectivity index (χ0v) is 59.8.